The Morgan fingerprint density at radius 1 is 1.48 bits per heavy atom. The lowest BCUT2D eigenvalue weighted by atomic mass is 9.85. The van der Waals surface area contributed by atoms with E-state index in [9.17, 15) is 5.11 Å². The fourth-order valence-corrected chi connectivity index (χ4v) is 3.07. The molecule has 0 aromatic heterocycles. The molecule has 2 unspecified atom stereocenters. The summed E-state index contributed by atoms with van der Waals surface area (Å²) in [6, 6.07) is 5.17. The van der Waals surface area contributed by atoms with Crippen molar-refractivity contribution < 1.29 is 9.84 Å². The maximum absolute atomic E-state index is 10.8. The predicted octanol–water partition coefficient (Wildman–Crippen LogP) is 2.54. The number of aliphatic imine (C=N–C) groups is 1. The number of aliphatic hydroxyl groups is 1. The second-order valence-corrected chi connectivity index (χ2v) is 6.05. The zero-order chi connectivity index (χ0) is 15.2. The van der Waals surface area contributed by atoms with E-state index in [1.54, 1.807) is 6.07 Å². The molecule has 0 amide bonds. The number of benzene rings is 1. The number of fused-ring (bicyclic) bond motifs is 1. The average Bonchev–Trinajstić information content (AvgIpc) is 2.86. The Balaban J connectivity index is 2.13. The number of hydrogen-bond acceptors (Lipinski definition) is 4. The van der Waals surface area contributed by atoms with E-state index in [1.165, 1.54) is 0 Å². The monoisotopic (exact) mass is 285 g/mol. The molecular formula is C16H19N3O2. The van der Waals surface area contributed by atoms with Crippen molar-refractivity contribution in [3.8, 4) is 5.75 Å². The summed E-state index contributed by atoms with van der Waals surface area (Å²) in [6.07, 6.45) is -0.686. The van der Waals surface area contributed by atoms with Crippen LogP contribution < -0.4 is 4.74 Å². The summed E-state index contributed by atoms with van der Waals surface area (Å²) in [5.41, 5.74) is 0.745. The van der Waals surface area contributed by atoms with Crippen molar-refractivity contribution >= 4 is 11.5 Å². The van der Waals surface area contributed by atoms with Gasteiger partial charge in [0.2, 0.25) is 0 Å². The third kappa shape index (κ3) is 2.16. The molecule has 1 aromatic rings. The summed E-state index contributed by atoms with van der Waals surface area (Å²) in [4.78, 5) is 10.0. The van der Waals surface area contributed by atoms with Crippen LogP contribution in [0.3, 0.4) is 0 Å². The predicted molar refractivity (Wildman–Crippen MR) is 80.8 cm³/mol. The second kappa shape index (κ2) is 4.74. The molecule has 0 saturated heterocycles. The Morgan fingerprint density at radius 2 is 2.24 bits per heavy atom. The minimum absolute atomic E-state index is 0.225. The molecule has 5 nitrogen and oxygen atoms in total. The summed E-state index contributed by atoms with van der Waals surface area (Å²) < 4.78 is 5.94. The molecule has 5 heteroatoms. The number of aliphatic hydroxyl groups excluding tert-OH is 1. The molecule has 0 radical (unpaired) electrons. The minimum Gasteiger partial charge on any atom is -0.485 e. The molecule has 2 aliphatic heterocycles. The lowest BCUT2D eigenvalue weighted by molar-refractivity contribution is -0.0802. The van der Waals surface area contributed by atoms with Gasteiger partial charge in [-0.15, -0.1) is 0 Å². The van der Waals surface area contributed by atoms with Crippen molar-refractivity contribution in [1.82, 2.24) is 4.90 Å². The zero-order valence-electron chi connectivity index (χ0n) is 12.5. The Labute approximate surface area is 124 Å². The first-order valence-electron chi connectivity index (χ1n) is 7.10. The molecule has 3 rings (SSSR count). The van der Waals surface area contributed by atoms with Crippen molar-refractivity contribution in [1.29, 1.82) is 0 Å². The van der Waals surface area contributed by atoms with Crippen LogP contribution in [0.25, 0.3) is 4.85 Å². The standard InChI is InChI=1S/C16H19N3O2/c1-10-18-7-8-19(10)14-12-9-11(17-4)5-6-13(12)21-16(2,3)15(14)20/h5-6,9,14-15,20H,7-8H2,1-3H3. The van der Waals surface area contributed by atoms with Gasteiger partial charge in [-0.3, -0.25) is 4.99 Å². The normalized spacial score (nSPS) is 26.6. The first kappa shape index (κ1) is 13.9. The second-order valence-electron chi connectivity index (χ2n) is 6.05. The van der Waals surface area contributed by atoms with Gasteiger partial charge in [-0.05, 0) is 32.9 Å². The van der Waals surface area contributed by atoms with Gasteiger partial charge in [0.05, 0.1) is 25.0 Å². The fraction of sp³-hybridized carbons (Fsp3) is 0.500. The largest absolute Gasteiger partial charge is 0.485 e. The molecular weight excluding hydrogens is 266 g/mol. The lowest BCUT2D eigenvalue weighted by Gasteiger charge is -2.46. The number of ether oxygens (including phenoxy) is 1. The Hall–Kier alpha value is -2.06. The van der Waals surface area contributed by atoms with Crippen molar-refractivity contribution in [2.45, 2.75) is 38.5 Å². The van der Waals surface area contributed by atoms with E-state index in [0.29, 0.717) is 5.69 Å². The number of nitrogens with zero attached hydrogens (tertiary/aromatic N) is 3. The fourth-order valence-electron chi connectivity index (χ4n) is 3.07. The summed E-state index contributed by atoms with van der Waals surface area (Å²) in [5, 5.41) is 10.8. The van der Waals surface area contributed by atoms with E-state index in [2.05, 4.69) is 14.7 Å². The van der Waals surface area contributed by atoms with E-state index in [0.717, 1.165) is 30.2 Å². The summed E-state index contributed by atoms with van der Waals surface area (Å²) in [7, 11) is 0. The van der Waals surface area contributed by atoms with Crippen LogP contribution in [-0.4, -0.2) is 40.6 Å². The molecule has 0 aliphatic carbocycles. The van der Waals surface area contributed by atoms with Crippen LogP contribution in [0.4, 0.5) is 5.69 Å². The molecule has 110 valence electrons. The van der Waals surface area contributed by atoms with Gasteiger partial charge < -0.3 is 14.7 Å². The first-order chi connectivity index (χ1) is 9.94. The highest BCUT2D eigenvalue weighted by atomic mass is 16.5. The van der Waals surface area contributed by atoms with Gasteiger partial charge in [0.15, 0.2) is 5.69 Å². The Bertz CT molecular complexity index is 645. The van der Waals surface area contributed by atoms with E-state index >= 15 is 0 Å². The van der Waals surface area contributed by atoms with Crippen LogP contribution >= 0.6 is 0 Å². The Kier molecular flexibility index (Phi) is 3.14. The van der Waals surface area contributed by atoms with Gasteiger partial charge in [-0.2, -0.15) is 0 Å². The topological polar surface area (TPSA) is 49.4 Å². The number of rotatable bonds is 1. The number of hydrogen-bond donors (Lipinski definition) is 1. The van der Waals surface area contributed by atoms with Gasteiger partial charge in [0.1, 0.15) is 17.5 Å². The molecule has 0 bridgehead atoms. The SMILES string of the molecule is [C-]#[N+]c1ccc2c(c1)C(N1CCN=C1C)C(O)C(C)(C)O2. The molecule has 0 saturated carbocycles. The maximum atomic E-state index is 10.8. The average molecular weight is 285 g/mol. The van der Waals surface area contributed by atoms with E-state index in [1.807, 2.05) is 32.9 Å². The van der Waals surface area contributed by atoms with Crippen LogP contribution in [0.5, 0.6) is 5.75 Å². The number of amidine groups is 1. The van der Waals surface area contributed by atoms with Gasteiger partial charge in [0.25, 0.3) is 0 Å². The highest BCUT2D eigenvalue weighted by Gasteiger charge is 2.46. The summed E-state index contributed by atoms with van der Waals surface area (Å²) >= 11 is 0. The molecule has 2 aliphatic rings. The highest BCUT2D eigenvalue weighted by Crippen LogP contribution is 2.44. The van der Waals surface area contributed by atoms with Crippen LogP contribution in [-0.2, 0) is 0 Å². The van der Waals surface area contributed by atoms with Gasteiger partial charge >= 0.3 is 0 Å². The quantitative estimate of drug-likeness (QED) is 0.807. The van der Waals surface area contributed by atoms with E-state index in [-0.39, 0.29) is 6.04 Å². The van der Waals surface area contributed by atoms with Crippen molar-refractivity contribution in [3.63, 3.8) is 0 Å². The van der Waals surface area contributed by atoms with Crippen LogP contribution in [0.15, 0.2) is 23.2 Å². The molecule has 0 fully saturated rings. The molecule has 1 N–H and O–H groups in total. The third-order valence-corrected chi connectivity index (χ3v) is 4.26. The molecule has 21 heavy (non-hydrogen) atoms. The third-order valence-electron chi connectivity index (χ3n) is 4.26. The smallest absolute Gasteiger partial charge is 0.187 e. The first-order valence-corrected chi connectivity index (χ1v) is 7.10. The summed E-state index contributed by atoms with van der Waals surface area (Å²) in [6.45, 7) is 14.5. The van der Waals surface area contributed by atoms with Crippen LogP contribution in [0.2, 0.25) is 0 Å². The van der Waals surface area contributed by atoms with E-state index < -0.39 is 11.7 Å². The molecule has 0 spiro atoms. The molecule has 2 atom stereocenters. The van der Waals surface area contributed by atoms with Gasteiger partial charge in [-0.25, -0.2) is 4.85 Å². The van der Waals surface area contributed by atoms with Crippen molar-refractivity contribution in [3.05, 3.63) is 35.2 Å². The zero-order valence-corrected chi connectivity index (χ0v) is 12.5. The molecule has 2 heterocycles. The van der Waals surface area contributed by atoms with Crippen molar-refractivity contribution in [2.24, 2.45) is 4.99 Å². The summed E-state index contributed by atoms with van der Waals surface area (Å²) in [5.74, 6) is 1.67. The Morgan fingerprint density at radius 3 is 2.86 bits per heavy atom. The van der Waals surface area contributed by atoms with Crippen molar-refractivity contribution in [2.75, 3.05) is 13.1 Å². The highest BCUT2D eigenvalue weighted by molar-refractivity contribution is 5.82. The molecule has 1 aromatic carbocycles. The minimum atomic E-state index is -0.686. The van der Waals surface area contributed by atoms with Gasteiger partial charge in [0, 0.05) is 12.1 Å². The maximum Gasteiger partial charge on any atom is 0.187 e. The lowest BCUT2D eigenvalue weighted by Crippen LogP contribution is -2.54. The van der Waals surface area contributed by atoms with Crippen LogP contribution in [0, 0.1) is 6.57 Å². The van der Waals surface area contributed by atoms with Crippen LogP contribution in [0.1, 0.15) is 32.4 Å². The van der Waals surface area contributed by atoms with Gasteiger partial charge in [-0.1, -0.05) is 6.07 Å². The van der Waals surface area contributed by atoms with E-state index in [4.69, 9.17) is 11.3 Å².